The Hall–Kier alpha value is -0.0800. The zero-order valence-electron chi connectivity index (χ0n) is 7.52. The Morgan fingerprint density at radius 1 is 1.40 bits per heavy atom. The van der Waals surface area contributed by atoms with Gasteiger partial charge >= 0.3 is 0 Å². The second-order valence-electron chi connectivity index (χ2n) is 3.51. The zero-order chi connectivity index (χ0) is 8.36. The molecule has 10 heavy (non-hydrogen) atoms. The molecule has 0 saturated heterocycles. The Labute approximate surface area is 64.0 Å². The lowest BCUT2D eigenvalue weighted by atomic mass is 9.82. The number of nitrogens with two attached hydrogens (primary N) is 2. The first-order valence-corrected chi connectivity index (χ1v) is 3.96. The van der Waals surface area contributed by atoms with E-state index in [0.717, 1.165) is 6.42 Å². The summed E-state index contributed by atoms with van der Waals surface area (Å²) in [5, 5.41) is 0. The molecule has 2 nitrogen and oxygen atoms in total. The summed E-state index contributed by atoms with van der Waals surface area (Å²) < 4.78 is 0. The van der Waals surface area contributed by atoms with Crippen LogP contribution in [0.1, 0.15) is 34.1 Å². The lowest BCUT2D eigenvalue weighted by molar-refractivity contribution is 0.272. The van der Waals surface area contributed by atoms with Crippen LogP contribution in [0.5, 0.6) is 0 Å². The molecule has 0 aliphatic rings. The lowest BCUT2D eigenvalue weighted by Crippen LogP contribution is -2.49. The predicted molar refractivity (Wildman–Crippen MR) is 45.7 cm³/mol. The monoisotopic (exact) mass is 144 g/mol. The molecule has 0 radical (unpaired) electrons. The molecule has 0 aromatic heterocycles. The maximum atomic E-state index is 5.98. The molecular formula is C8H20N2. The van der Waals surface area contributed by atoms with Gasteiger partial charge in [-0.25, -0.2) is 0 Å². The van der Waals surface area contributed by atoms with Gasteiger partial charge in [0.05, 0.1) is 0 Å². The molecule has 0 bridgehead atoms. The number of rotatable bonds is 3. The summed E-state index contributed by atoms with van der Waals surface area (Å²) in [6.45, 7) is 8.26. The molecule has 2 heteroatoms. The third-order valence-electron chi connectivity index (χ3n) is 2.59. The summed E-state index contributed by atoms with van der Waals surface area (Å²) in [5.41, 5.74) is 11.6. The molecule has 0 amide bonds. The van der Waals surface area contributed by atoms with Crippen molar-refractivity contribution in [1.29, 1.82) is 0 Å². The van der Waals surface area contributed by atoms with Crippen LogP contribution in [0.4, 0.5) is 0 Å². The average Bonchev–Trinajstić information content (AvgIpc) is 1.86. The molecule has 0 spiro atoms. The first-order chi connectivity index (χ1) is 4.41. The predicted octanol–water partition coefficient (Wildman–Crippen LogP) is 1.10. The quantitative estimate of drug-likeness (QED) is 0.623. The summed E-state index contributed by atoms with van der Waals surface area (Å²) in [6.07, 6.45) is 0.982. The molecule has 0 aromatic carbocycles. The van der Waals surface area contributed by atoms with Gasteiger partial charge in [0.25, 0.3) is 0 Å². The number of hydrogen-bond donors (Lipinski definition) is 2. The molecule has 0 fully saturated rings. The first kappa shape index (κ1) is 9.92. The van der Waals surface area contributed by atoms with E-state index in [1.54, 1.807) is 0 Å². The van der Waals surface area contributed by atoms with Crippen molar-refractivity contribution in [2.75, 3.05) is 0 Å². The second kappa shape index (κ2) is 3.35. The minimum Gasteiger partial charge on any atom is -0.328 e. The SMILES string of the molecule is CCC(C)(N)C(C)C(C)N. The molecule has 0 aliphatic heterocycles. The van der Waals surface area contributed by atoms with Crippen molar-refractivity contribution >= 4 is 0 Å². The summed E-state index contributed by atoms with van der Waals surface area (Å²) in [5.74, 6) is 0.387. The second-order valence-corrected chi connectivity index (χ2v) is 3.51. The molecule has 0 saturated carbocycles. The van der Waals surface area contributed by atoms with Crippen molar-refractivity contribution < 1.29 is 0 Å². The minimum atomic E-state index is -0.103. The molecule has 0 aromatic rings. The topological polar surface area (TPSA) is 52.0 Å². The van der Waals surface area contributed by atoms with Crippen LogP contribution in [0.3, 0.4) is 0 Å². The third kappa shape index (κ3) is 2.27. The van der Waals surface area contributed by atoms with E-state index >= 15 is 0 Å². The van der Waals surface area contributed by atoms with Gasteiger partial charge in [-0.15, -0.1) is 0 Å². The fourth-order valence-corrected chi connectivity index (χ4v) is 0.923. The highest BCUT2D eigenvalue weighted by Gasteiger charge is 2.26. The van der Waals surface area contributed by atoms with Gasteiger partial charge in [0.1, 0.15) is 0 Å². The molecule has 0 heterocycles. The summed E-state index contributed by atoms with van der Waals surface area (Å²) >= 11 is 0. The molecule has 0 aliphatic carbocycles. The normalized spacial score (nSPS) is 23.4. The fraction of sp³-hybridized carbons (Fsp3) is 1.00. The van der Waals surface area contributed by atoms with Gasteiger partial charge in [-0.2, -0.15) is 0 Å². The Kier molecular flexibility index (Phi) is 3.33. The van der Waals surface area contributed by atoms with Crippen LogP contribution in [0.25, 0.3) is 0 Å². The van der Waals surface area contributed by atoms with Crippen molar-refractivity contribution in [3.8, 4) is 0 Å². The largest absolute Gasteiger partial charge is 0.328 e. The van der Waals surface area contributed by atoms with Gasteiger partial charge < -0.3 is 11.5 Å². The van der Waals surface area contributed by atoms with Crippen molar-refractivity contribution in [1.82, 2.24) is 0 Å². The smallest absolute Gasteiger partial charge is 0.0163 e. The Bertz CT molecular complexity index is 97.4. The zero-order valence-corrected chi connectivity index (χ0v) is 7.52. The van der Waals surface area contributed by atoms with Crippen LogP contribution in [-0.2, 0) is 0 Å². The highest BCUT2D eigenvalue weighted by atomic mass is 14.8. The molecule has 3 unspecified atom stereocenters. The van der Waals surface area contributed by atoms with Crippen LogP contribution < -0.4 is 11.5 Å². The Morgan fingerprint density at radius 2 is 1.80 bits per heavy atom. The highest BCUT2D eigenvalue weighted by molar-refractivity contribution is 4.86. The van der Waals surface area contributed by atoms with Crippen molar-refractivity contribution in [2.45, 2.75) is 45.7 Å². The van der Waals surface area contributed by atoms with Crippen molar-refractivity contribution in [3.63, 3.8) is 0 Å². The van der Waals surface area contributed by atoms with Crippen LogP contribution >= 0.6 is 0 Å². The number of hydrogen-bond acceptors (Lipinski definition) is 2. The van der Waals surface area contributed by atoms with E-state index in [9.17, 15) is 0 Å². The maximum Gasteiger partial charge on any atom is 0.0163 e. The summed E-state index contributed by atoms with van der Waals surface area (Å²) in [7, 11) is 0. The molecular weight excluding hydrogens is 124 g/mol. The maximum absolute atomic E-state index is 5.98. The van der Waals surface area contributed by atoms with E-state index in [2.05, 4.69) is 20.8 Å². The van der Waals surface area contributed by atoms with E-state index in [-0.39, 0.29) is 11.6 Å². The van der Waals surface area contributed by atoms with Gasteiger partial charge in [-0.05, 0) is 26.2 Å². The van der Waals surface area contributed by atoms with E-state index in [1.807, 2.05) is 6.92 Å². The van der Waals surface area contributed by atoms with E-state index in [1.165, 1.54) is 0 Å². The Morgan fingerprint density at radius 3 is 1.90 bits per heavy atom. The van der Waals surface area contributed by atoms with Gasteiger partial charge in [0.15, 0.2) is 0 Å². The molecule has 0 rings (SSSR count). The standard InChI is InChI=1S/C8H20N2/c1-5-8(4,10)6(2)7(3)9/h6-7H,5,9-10H2,1-4H3. The minimum absolute atomic E-state index is 0.103. The molecule has 3 atom stereocenters. The first-order valence-electron chi connectivity index (χ1n) is 3.96. The van der Waals surface area contributed by atoms with E-state index < -0.39 is 0 Å². The third-order valence-corrected chi connectivity index (χ3v) is 2.59. The highest BCUT2D eigenvalue weighted by Crippen LogP contribution is 2.19. The van der Waals surface area contributed by atoms with Crippen LogP contribution in [-0.4, -0.2) is 11.6 Å². The van der Waals surface area contributed by atoms with Gasteiger partial charge in [-0.1, -0.05) is 13.8 Å². The lowest BCUT2D eigenvalue weighted by Gasteiger charge is -2.33. The molecule has 4 N–H and O–H groups in total. The van der Waals surface area contributed by atoms with Crippen LogP contribution in [0.2, 0.25) is 0 Å². The van der Waals surface area contributed by atoms with Gasteiger partial charge in [-0.3, -0.25) is 0 Å². The van der Waals surface area contributed by atoms with E-state index in [0.29, 0.717) is 5.92 Å². The van der Waals surface area contributed by atoms with E-state index in [4.69, 9.17) is 11.5 Å². The summed E-state index contributed by atoms with van der Waals surface area (Å²) in [4.78, 5) is 0. The average molecular weight is 144 g/mol. The molecule has 62 valence electrons. The van der Waals surface area contributed by atoms with Gasteiger partial charge in [0.2, 0.25) is 0 Å². The van der Waals surface area contributed by atoms with Crippen LogP contribution in [0, 0.1) is 5.92 Å². The summed E-state index contributed by atoms with van der Waals surface area (Å²) in [6, 6.07) is 0.190. The van der Waals surface area contributed by atoms with Crippen molar-refractivity contribution in [3.05, 3.63) is 0 Å². The van der Waals surface area contributed by atoms with Crippen molar-refractivity contribution in [2.24, 2.45) is 17.4 Å². The van der Waals surface area contributed by atoms with Crippen LogP contribution in [0.15, 0.2) is 0 Å². The Balaban J connectivity index is 4.03. The van der Waals surface area contributed by atoms with Gasteiger partial charge in [0, 0.05) is 11.6 Å². The fourth-order valence-electron chi connectivity index (χ4n) is 0.923.